The highest BCUT2D eigenvalue weighted by Gasteiger charge is 2.41. The Kier molecular flexibility index (Phi) is 6.02. The molecule has 0 aliphatic carbocycles. The maximum absolute atomic E-state index is 12.9. The molecule has 2 amide bonds. The number of carbonyl (C=O) groups is 3. The number of rotatable bonds is 5. The number of benzene rings is 1. The Hall–Kier alpha value is -2.41. The molecule has 2 rings (SSSR count). The monoisotopic (exact) mass is 362 g/mol. The first-order chi connectivity index (χ1) is 12.2. The first-order valence-corrected chi connectivity index (χ1v) is 8.77. The van der Waals surface area contributed by atoms with Gasteiger partial charge in [-0.3, -0.25) is 9.59 Å². The highest BCUT2D eigenvalue weighted by molar-refractivity contribution is 5.98. The van der Waals surface area contributed by atoms with Gasteiger partial charge in [0.15, 0.2) is 5.60 Å². The summed E-state index contributed by atoms with van der Waals surface area (Å²) in [4.78, 5) is 38.0. The van der Waals surface area contributed by atoms with Crippen LogP contribution in [-0.4, -0.2) is 57.6 Å². The van der Waals surface area contributed by atoms with Crippen LogP contribution in [0.2, 0.25) is 0 Å². The minimum atomic E-state index is -1.78. The molecule has 0 radical (unpaired) electrons. The first kappa shape index (κ1) is 19.9. The molecule has 1 aromatic rings. The maximum Gasteiger partial charge on any atom is 0.335 e. The van der Waals surface area contributed by atoms with Crippen LogP contribution in [0, 0.1) is 12.8 Å². The molecule has 1 atom stereocenters. The third-order valence-electron chi connectivity index (χ3n) is 4.91. The third kappa shape index (κ3) is 4.22. The van der Waals surface area contributed by atoms with Gasteiger partial charge in [0.1, 0.15) is 6.04 Å². The predicted octanol–water partition coefficient (Wildman–Crippen LogP) is 1.19. The van der Waals surface area contributed by atoms with E-state index in [2.05, 4.69) is 5.32 Å². The van der Waals surface area contributed by atoms with Gasteiger partial charge in [0.05, 0.1) is 0 Å². The number of carbonyl (C=O) groups excluding carboxylic acids is 2. The summed E-state index contributed by atoms with van der Waals surface area (Å²) in [5.74, 6) is -1.96. The van der Waals surface area contributed by atoms with Gasteiger partial charge < -0.3 is 20.4 Å². The van der Waals surface area contributed by atoms with Crippen LogP contribution >= 0.6 is 0 Å². The quantitative estimate of drug-likeness (QED) is 0.729. The summed E-state index contributed by atoms with van der Waals surface area (Å²) in [5.41, 5.74) is -0.441. The Morgan fingerprint density at radius 3 is 2.23 bits per heavy atom. The van der Waals surface area contributed by atoms with Gasteiger partial charge in [-0.2, -0.15) is 0 Å². The molecule has 0 bridgehead atoms. The van der Waals surface area contributed by atoms with Crippen molar-refractivity contribution in [3.05, 3.63) is 35.4 Å². The fourth-order valence-electron chi connectivity index (χ4n) is 3.07. The Morgan fingerprint density at radius 1 is 1.15 bits per heavy atom. The van der Waals surface area contributed by atoms with E-state index in [9.17, 15) is 19.5 Å². The Bertz CT molecular complexity index is 693. The van der Waals surface area contributed by atoms with E-state index in [1.807, 2.05) is 32.9 Å². The number of hydrogen-bond acceptors (Lipinski definition) is 4. The number of aryl methyl sites for hydroxylation is 1. The van der Waals surface area contributed by atoms with E-state index in [1.165, 1.54) is 4.90 Å². The largest absolute Gasteiger partial charge is 0.479 e. The van der Waals surface area contributed by atoms with E-state index < -0.39 is 17.6 Å². The Balaban J connectivity index is 2.08. The van der Waals surface area contributed by atoms with E-state index in [4.69, 9.17) is 5.11 Å². The topological polar surface area (TPSA) is 107 Å². The number of aliphatic hydroxyl groups is 1. The summed E-state index contributed by atoms with van der Waals surface area (Å²) in [6.07, 6.45) is -0.0464. The van der Waals surface area contributed by atoms with Crippen LogP contribution in [0.4, 0.5) is 0 Å². The van der Waals surface area contributed by atoms with E-state index in [1.54, 1.807) is 12.1 Å². The van der Waals surface area contributed by atoms with Gasteiger partial charge >= 0.3 is 5.97 Å². The summed E-state index contributed by atoms with van der Waals surface area (Å²) in [6, 6.07) is 6.44. The number of nitrogens with zero attached hydrogens (tertiary/aromatic N) is 1. The fourth-order valence-corrected chi connectivity index (χ4v) is 3.07. The molecule has 26 heavy (non-hydrogen) atoms. The van der Waals surface area contributed by atoms with Crippen molar-refractivity contribution in [3.8, 4) is 0 Å². The zero-order valence-corrected chi connectivity index (χ0v) is 15.4. The third-order valence-corrected chi connectivity index (χ3v) is 4.91. The van der Waals surface area contributed by atoms with Gasteiger partial charge in [-0.15, -0.1) is 0 Å². The summed E-state index contributed by atoms with van der Waals surface area (Å²) in [5, 5.41) is 21.9. The van der Waals surface area contributed by atoms with Crippen molar-refractivity contribution in [3.63, 3.8) is 0 Å². The normalized spacial score (nSPS) is 17.7. The Labute approximate surface area is 153 Å². The lowest BCUT2D eigenvalue weighted by Crippen LogP contribution is -2.56. The van der Waals surface area contributed by atoms with Crippen LogP contribution in [0.1, 0.15) is 42.6 Å². The van der Waals surface area contributed by atoms with Crippen molar-refractivity contribution in [2.24, 2.45) is 5.92 Å². The minimum Gasteiger partial charge on any atom is -0.479 e. The van der Waals surface area contributed by atoms with Crippen molar-refractivity contribution in [2.75, 3.05) is 13.1 Å². The van der Waals surface area contributed by atoms with E-state index in [0.717, 1.165) is 5.56 Å². The van der Waals surface area contributed by atoms with Crippen LogP contribution in [0.3, 0.4) is 0 Å². The highest BCUT2D eigenvalue weighted by atomic mass is 16.4. The van der Waals surface area contributed by atoms with Gasteiger partial charge in [0.2, 0.25) is 5.91 Å². The van der Waals surface area contributed by atoms with Gasteiger partial charge in [0.25, 0.3) is 5.91 Å². The van der Waals surface area contributed by atoms with E-state index >= 15 is 0 Å². The summed E-state index contributed by atoms with van der Waals surface area (Å²) in [6.45, 7) is 5.81. The second-order valence-corrected chi connectivity index (χ2v) is 7.17. The molecule has 1 aromatic carbocycles. The molecule has 1 aliphatic heterocycles. The zero-order valence-electron chi connectivity index (χ0n) is 15.4. The molecule has 1 heterocycles. The number of carboxylic acid groups (broad SMARTS) is 1. The molecule has 3 N–H and O–H groups in total. The number of piperidine rings is 1. The lowest BCUT2D eigenvalue weighted by Gasteiger charge is -2.37. The number of nitrogens with one attached hydrogen (secondary N) is 1. The molecule has 7 nitrogen and oxygen atoms in total. The fraction of sp³-hybridized carbons (Fsp3) is 0.526. The van der Waals surface area contributed by atoms with Crippen LogP contribution in [0.15, 0.2) is 24.3 Å². The molecule has 0 aromatic heterocycles. The second kappa shape index (κ2) is 7.86. The lowest BCUT2D eigenvalue weighted by atomic mass is 9.90. The van der Waals surface area contributed by atoms with Crippen LogP contribution in [-0.2, 0) is 9.59 Å². The molecule has 1 aliphatic rings. The number of aliphatic carboxylic acids is 1. The maximum atomic E-state index is 12.9. The van der Waals surface area contributed by atoms with Gasteiger partial charge in [0, 0.05) is 31.5 Å². The average molecular weight is 362 g/mol. The molecule has 0 spiro atoms. The number of hydrogen-bond donors (Lipinski definition) is 3. The second-order valence-electron chi connectivity index (χ2n) is 7.17. The van der Waals surface area contributed by atoms with Crippen LogP contribution in [0.5, 0.6) is 0 Å². The zero-order chi connectivity index (χ0) is 19.5. The van der Waals surface area contributed by atoms with Crippen molar-refractivity contribution in [1.82, 2.24) is 10.2 Å². The molecule has 1 saturated heterocycles. The van der Waals surface area contributed by atoms with Crippen molar-refractivity contribution in [1.29, 1.82) is 0 Å². The summed E-state index contributed by atoms with van der Waals surface area (Å²) < 4.78 is 0. The lowest BCUT2D eigenvalue weighted by molar-refractivity contribution is -0.165. The van der Waals surface area contributed by atoms with Gasteiger partial charge in [-0.1, -0.05) is 32.0 Å². The Morgan fingerprint density at radius 2 is 1.73 bits per heavy atom. The molecule has 0 saturated carbocycles. The molecule has 1 unspecified atom stereocenters. The van der Waals surface area contributed by atoms with Crippen molar-refractivity contribution in [2.45, 2.75) is 45.3 Å². The van der Waals surface area contributed by atoms with Gasteiger partial charge in [-0.05, 0) is 24.5 Å². The smallest absolute Gasteiger partial charge is 0.335 e. The molecule has 1 fully saturated rings. The molecular weight excluding hydrogens is 336 g/mol. The van der Waals surface area contributed by atoms with Crippen LogP contribution < -0.4 is 5.32 Å². The minimum absolute atomic E-state index is 0.0232. The first-order valence-electron chi connectivity index (χ1n) is 8.77. The molecule has 142 valence electrons. The number of amides is 2. The predicted molar refractivity (Wildman–Crippen MR) is 95.7 cm³/mol. The molecular formula is C19H26N2O5. The summed E-state index contributed by atoms with van der Waals surface area (Å²) in [7, 11) is 0. The highest BCUT2D eigenvalue weighted by Crippen LogP contribution is 2.23. The van der Waals surface area contributed by atoms with E-state index in [-0.39, 0.29) is 43.7 Å². The van der Waals surface area contributed by atoms with Gasteiger partial charge in [-0.25, -0.2) is 4.79 Å². The van der Waals surface area contributed by atoms with E-state index in [0.29, 0.717) is 5.56 Å². The number of carboxylic acids is 1. The summed E-state index contributed by atoms with van der Waals surface area (Å²) >= 11 is 0. The average Bonchev–Trinajstić information content (AvgIpc) is 2.59. The number of likely N-dealkylation sites (tertiary alicyclic amines) is 1. The van der Waals surface area contributed by atoms with Crippen molar-refractivity contribution < 1.29 is 24.6 Å². The standard InChI is InChI=1S/C19H26N2O5/c1-12(2)15(20-16(22)14-7-5-4-6-13(14)3)17(23)21-10-8-19(26,9-11-21)18(24)25/h4-7,12,15,26H,8-11H2,1-3H3,(H,20,22)(H,24,25). The SMILES string of the molecule is Cc1ccccc1C(=O)NC(C(=O)N1CCC(O)(C(=O)O)CC1)C(C)C. The van der Waals surface area contributed by atoms with Crippen molar-refractivity contribution >= 4 is 17.8 Å². The van der Waals surface area contributed by atoms with Crippen LogP contribution in [0.25, 0.3) is 0 Å². The molecule has 7 heteroatoms.